The first-order valence-electron chi connectivity index (χ1n) is 10.2. The van der Waals surface area contributed by atoms with E-state index in [0.29, 0.717) is 5.92 Å². The summed E-state index contributed by atoms with van der Waals surface area (Å²) < 4.78 is 0. The lowest BCUT2D eigenvalue weighted by Gasteiger charge is -2.31. The Morgan fingerprint density at radius 1 is 1.18 bits per heavy atom. The highest BCUT2D eigenvalue weighted by Crippen LogP contribution is 2.19. The molecule has 0 radical (unpaired) electrons. The van der Waals surface area contributed by atoms with E-state index in [0.717, 1.165) is 62.2 Å². The van der Waals surface area contributed by atoms with Gasteiger partial charge in [0, 0.05) is 43.9 Å². The molecule has 0 bridgehead atoms. The van der Waals surface area contributed by atoms with Gasteiger partial charge in [-0.05, 0) is 45.2 Å². The Labute approximate surface area is 176 Å². The van der Waals surface area contributed by atoms with Crippen LogP contribution in [0.25, 0.3) is 0 Å². The molecule has 2 N–H and O–H groups in total. The van der Waals surface area contributed by atoms with Crippen molar-refractivity contribution in [2.45, 2.75) is 46.1 Å². The fraction of sp³-hybridized carbons (Fsp3) is 0.650. The van der Waals surface area contributed by atoms with Gasteiger partial charge in [-0.1, -0.05) is 6.92 Å². The molecule has 3 rings (SSSR count). The zero-order valence-corrected chi connectivity index (χ0v) is 18.8. The maximum atomic E-state index is 4.70. The topological polar surface area (TPSA) is 65.4 Å². The molecule has 0 aliphatic carbocycles. The van der Waals surface area contributed by atoms with Gasteiger partial charge >= 0.3 is 0 Å². The largest absolute Gasteiger partial charge is 0.356 e. The van der Waals surface area contributed by atoms with Crippen molar-refractivity contribution in [3.05, 3.63) is 32.2 Å². The molecule has 0 amide bonds. The smallest absolute Gasteiger partial charge is 0.190 e. The number of guanidine groups is 1. The molecule has 28 heavy (non-hydrogen) atoms. The van der Waals surface area contributed by atoms with E-state index in [1.807, 2.05) is 14.0 Å². The first-order valence-corrected chi connectivity index (χ1v) is 11.9. The van der Waals surface area contributed by atoms with E-state index in [2.05, 4.69) is 43.2 Å². The fourth-order valence-electron chi connectivity index (χ4n) is 3.46. The van der Waals surface area contributed by atoms with Gasteiger partial charge in [-0.25, -0.2) is 9.97 Å². The molecule has 154 valence electrons. The predicted octanol–water partition coefficient (Wildman–Crippen LogP) is 3.09. The lowest BCUT2D eigenvalue weighted by atomic mass is 9.97. The number of aromatic nitrogens is 2. The molecule has 1 fully saturated rings. The molecule has 1 aliphatic rings. The average molecular weight is 421 g/mol. The second-order valence-electron chi connectivity index (χ2n) is 7.29. The molecule has 3 heterocycles. The number of thiazole rings is 2. The summed E-state index contributed by atoms with van der Waals surface area (Å²) in [6.45, 7) is 9.36. The first-order chi connectivity index (χ1) is 13.7. The van der Waals surface area contributed by atoms with Crippen molar-refractivity contribution >= 4 is 28.6 Å². The van der Waals surface area contributed by atoms with Gasteiger partial charge in [0.2, 0.25) is 0 Å². The predicted molar refractivity (Wildman–Crippen MR) is 119 cm³/mol. The Balaban J connectivity index is 1.32. The number of nitrogens with zero attached hydrogens (tertiary/aromatic N) is 4. The second kappa shape index (κ2) is 10.9. The van der Waals surface area contributed by atoms with Crippen LogP contribution in [0.1, 0.15) is 41.2 Å². The molecule has 8 heteroatoms. The number of likely N-dealkylation sites (tertiary alicyclic amines) is 1. The Morgan fingerprint density at radius 2 is 1.96 bits per heavy atom. The van der Waals surface area contributed by atoms with Crippen molar-refractivity contribution < 1.29 is 0 Å². The summed E-state index contributed by atoms with van der Waals surface area (Å²) in [7, 11) is 1.84. The third-order valence-corrected chi connectivity index (χ3v) is 6.98. The van der Waals surface area contributed by atoms with E-state index in [1.54, 1.807) is 22.7 Å². The number of nitrogens with one attached hydrogen (secondary N) is 2. The van der Waals surface area contributed by atoms with Crippen LogP contribution in [0.5, 0.6) is 0 Å². The molecule has 6 nitrogen and oxygen atoms in total. The molecule has 0 saturated carbocycles. The summed E-state index contributed by atoms with van der Waals surface area (Å²) in [4.78, 5) is 16.1. The third kappa shape index (κ3) is 6.53. The standard InChI is InChI=1S/C20H32N6S2/c1-4-19-25-18(14-28-19)12-26-9-6-16(7-10-26)11-23-20(21-3)22-8-5-17-13-27-15(2)24-17/h13-14,16H,4-12H2,1-3H3,(H2,21,22,23). The highest BCUT2D eigenvalue weighted by molar-refractivity contribution is 7.09. The lowest BCUT2D eigenvalue weighted by Crippen LogP contribution is -2.43. The SMILES string of the molecule is CCc1nc(CN2CCC(CNC(=NC)NCCc3csc(C)n3)CC2)cs1. The minimum Gasteiger partial charge on any atom is -0.356 e. The van der Waals surface area contributed by atoms with Crippen molar-refractivity contribution in [2.24, 2.45) is 10.9 Å². The first kappa shape index (κ1) is 21.2. The minimum absolute atomic E-state index is 0.706. The lowest BCUT2D eigenvalue weighted by molar-refractivity contribution is 0.176. The minimum atomic E-state index is 0.706. The molecular weight excluding hydrogens is 388 g/mol. The van der Waals surface area contributed by atoms with Crippen LogP contribution in [-0.2, 0) is 19.4 Å². The van der Waals surface area contributed by atoms with E-state index in [1.165, 1.54) is 23.5 Å². The zero-order valence-electron chi connectivity index (χ0n) is 17.2. The summed E-state index contributed by atoms with van der Waals surface area (Å²) in [6, 6.07) is 0. The van der Waals surface area contributed by atoms with Crippen LogP contribution < -0.4 is 10.6 Å². The van der Waals surface area contributed by atoms with E-state index in [9.17, 15) is 0 Å². The Morgan fingerprint density at radius 3 is 2.61 bits per heavy atom. The van der Waals surface area contributed by atoms with Gasteiger partial charge in [-0.3, -0.25) is 9.89 Å². The van der Waals surface area contributed by atoms with Gasteiger partial charge in [0.05, 0.1) is 21.4 Å². The molecular formula is C20H32N6S2. The fourth-order valence-corrected chi connectivity index (χ4v) is 4.84. The van der Waals surface area contributed by atoms with E-state index in [4.69, 9.17) is 4.98 Å². The maximum absolute atomic E-state index is 4.70. The van der Waals surface area contributed by atoms with Gasteiger partial charge in [-0.15, -0.1) is 22.7 Å². The summed E-state index contributed by atoms with van der Waals surface area (Å²) in [5, 5.41) is 13.6. The van der Waals surface area contributed by atoms with Crippen LogP contribution in [0.4, 0.5) is 0 Å². The monoisotopic (exact) mass is 420 g/mol. The van der Waals surface area contributed by atoms with Crippen LogP contribution in [0.2, 0.25) is 0 Å². The summed E-state index contributed by atoms with van der Waals surface area (Å²) in [5.41, 5.74) is 2.39. The van der Waals surface area contributed by atoms with E-state index >= 15 is 0 Å². The van der Waals surface area contributed by atoms with Gasteiger partial charge in [-0.2, -0.15) is 0 Å². The highest BCUT2D eigenvalue weighted by atomic mass is 32.1. The maximum Gasteiger partial charge on any atom is 0.190 e. The van der Waals surface area contributed by atoms with Crippen molar-refractivity contribution in [3.63, 3.8) is 0 Å². The quantitative estimate of drug-likeness (QED) is 0.507. The molecule has 0 atom stereocenters. The van der Waals surface area contributed by atoms with Crippen molar-refractivity contribution in [1.82, 2.24) is 25.5 Å². The Hall–Kier alpha value is -1.51. The van der Waals surface area contributed by atoms with E-state index < -0.39 is 0 Å². The van der Waals surface area contributed by atoms with E-state index in [-0.39, 0.29) is 0 Å². The van der Waals surface area contributed by atoms with Gasteiger partial charge in [0.15, 0.2) is 5.96 Å². The van der Waals surface area contributed by atoms with Gasteiger partial charge < -0.3 is 10.6 Å². The van der Waals surface area contributed by atoms with Crippen LogP contribution in [0, 0.1) is 12.8 Å². The van der Waals surface area contributed by atoms with Gasteiger partial charge in [0.1, 0.15) is 0 Å². The molecule has 1 saturated heterocycles. The summed E-state index contributed by atoms with van der Waals surface area (Å²) in [6.07, 6.45) is 4.43. The Bertz CT molecular complexity index is 745. The number of aryl methyl sites for hydroxylation is 2. The summed E-state index contributed by atoms with van der Waals surface area (Å²) in [5.74, 6) is 1.60. The van der Waals surface area contributed by atoms with Crippen LogP contribution >= 0.6 is 22.7 Å². The normalized spacial score (nSPS) is 16.5. The van der Waals surface area contributed by atoms with Crippen LogP contribution in [0.15, 0.2) is 15.8 Å². The highest BCUT2D eigenvalue weighted by Gasteiger charge is 2.20. The molecule has 2 aromatic rings. The molecule has 0 aromatic carbocycles. The number of rotatable bonds is 8. The molecule has 0 unspecified atom stereocenters. The molecule has 2 aromatic heterocycles. The second-order valence-corrected chi connectivity index (χ2v) is 9.30. The Kier molecular flexibility index (Phi) is 8.24. The average Bonchev–Trinajstić information content (AvgIpc) is 3.34. The molecule has 0 spiro atoms. The van der Waals surface area contributed by atoms with Crippen molar-refractivity contribution in [3.8, 4) is 0 Å². The number of aliphatic imine (C=N–C) groups is 1. The van der Waals surface area contributed by atoms with Crippen LogP contribution in [0.3, 0.4) is 0 Å². The molecule has 1 aliphatic heterocycles. The van der Waals surface area contributed by atoms with Gasteiger partial charge in [0.25, 0.3) is 0 Å². The summed E-state index contributed by atoms with van der Waals surface area (Å²) >= 11 is 3.50. The van der Waals surface area contributed by atoms with Crippen molar-refractivity contribution in [2.75, 3.05) is 33.2 Å². The number of piperidine rings is 1. The van der Waals surface area contributed by atoms with Crippen molar-refractivity contribution in [1.29, 1.82) is 0 Å². The zero-order chi connectivity index (χ0) is 19.8. The van der Waals surface area contributed by atoms with Crippen LogP contribution in [-0.4, -0.2) is 54.1 Å². The number of hydrogen-bond donors (Lipinski definition) is 2. The number of hydrogen-bond acceptors (Lipinski definition) is 6. The third-order valence-electron chi connectivity index (χ3n) is 5.12.